The Morgan fingerprint density at radius 2 is 1.90 bits per heavy atom. The van der Waals surface area contributed by atoms with Crippen LogP contribution in [0.5, 0.6) is 0 Å². The van der Waals surface area contributed by atoms with E-state index < -0.39 is 10.3 Å². The van der Waals surface area contributed by atoms with Crippen LogP contribution in [0.15, 0.2) is 12.7 Å². The maximum Gasteiger partial charge on any atom is 0.307 e. The van der Waals surface area contributed by atoms with Gasteiger partial charge in [0.2, 0.25) is 0 Å². The number of aliphatic carboxylic acids is 1. The van der Waals surface area contributed by atoms with Crippen molar-refractivity contribution in [1.82, 2.24) is 0 Å². The second-order valence-electron chi connectivity index (χ2n) is 1.13. The van der Waals surface area contributed by atoms with Crippen LogP contribution < -0.4 is 0 Å². The molecule has 0 aromatic rings. The topological polar surface area (TPSA) is 37.3 Å². The average Bonchev–Trinajstić information content (AvgIpc) is 1.62. The number of hydrogen-bond donors (Lipinski definition) is 1. The standard InChI is InChI=1S/C4H6O2.CHCl3/c1-2-3-4(5)6;2-1(3)4/h2H,1,3H2,(H,5,6);1H. The molecule has 0 aromatic carbocycles. The molecule has 0 unspecified atom stereocenters. The molecule has 0 aliphatic carbocycles. The molecular weight excluding hydrogens is 198 g/mol. The number of carboxylic acid groups (broad SMARTS) is 1. The number of carbonyl (C=O) groups is 1. The summed E-state index contributed by atoms with van der Waals surface area (Å²) >= 11 is 14.4. The van der Waals surface area contributed by atoms with Crippen LogP contribution in [0.25, 0.3) is 0 Å². The first-order valence-electron chi connectivity index (χ1n) is 2.25. The average molecular weight is 205 g/mol. The van der Waals surface area contributed by atoms with E-state index >= 15 is 0 Å². The second-order valence-corrected chi connectivity index (χ2v) is 3.11. The minimum absolute atomic E-state index is 0.0556. The number of rotatable bonds is 2. The van der Waals surface area contributed by atoms with Crippen molar-refractivity contribution in [2.45, 2.75) is 10.7 Å². The van der Waals surface area contributed by atoms with Crippen LogP contribution in [0.2, 0.25) is 0 Å². The van der Waals surface area contributed by atoms with Gasteiger partial charge in [-0.25, -0.2) is 0 Å². The third-order valence-electron chi connectivity index (χ3n) is 0.319. The molecule has 0 aliphatic heterocycles. The van der Waals surface area contributed by atoms with E-state index in [-0.39, 0.29) is 6.42 Å². The summed E-state index contributed by atoms with van der Waals surface area (Å²) in [6, 6.07) is 0. The fourth-order valence-corrected chi connectivity index (χ4v) is 0.123. The maximum atomic E-state index is 9.53. The lowest BCUT2D eigenvalue weighted by Gasteiger charge is -1.75. The van der Waals surface area contributed by atoms with Gasteiger partial charge in [-0.05, 0) is 0 Å². The molecule has 0 aromatic heterocycles. The van der Waals surface area contributed by atoms with Crippen molar-refractivity contribution in [1.29, 1.82) is 0 Å². The first kappa shape index (κ1) is 12.7. The van der Waals surface area contributed by atoms with Crippen LogP contribution in [-0.4, -0.2) is 15.4 Å². The van der Waals surface area contributed by atoms with Gasteiger partial charge in [0, 0.05) is 0 Å². The van der Waals surface area contributed by atoms with Crippen molar-refractivity contribution in [2.75, 3.05) is 0 Å². The van der Waals surface area contributed by atoms with Crippen LogP contribution in [0, 0.1) is 0 Å². The summed E-state index contributed by atoms with van der Waals surface area (Å²) in [4.78, 5) is 9.53. The molecule has 2 nitrogen and oxygen atoms in total. The lowest BCUT2D eigenvalue weighted by molar-refractivity contribution is -0.135. The monoisotopic (exact) mass is 204 g/mol. The lowest BCUT2D eigenvalue weighted by atomic mass is 10.4. The lowest BCUT2D eigenvalue weighted by Crippen LogP contribution is -1.88. The van der Waals surface area contributed by atoms with E-state index in [4.69, 9.17) is 39.9 Å². The Balaban J connectivity index is 0. The zero-order valence-electron chi connectivity index (χ0n) is 5.06. The van der Waals surface area contributed by atoms with Gasteiger partial charge in [0.25, 0.3) is 0 Å². The molecule has 1 N–H and O–H groups in total. The molecule has 60 valence electrons. The highest BCUT2D eigenvalue weighted by atomic mass is 35.6. The predicted octanol–water partition coefficient (Wildman–Crippen LogP) is 2.63. The van der Waals surface area contributed by atoms with Crippen LogP contribution in [0.4, 0.5) is 0 Å². The maximum absolute atomic E-state index is 9.53. The number of halogens is 3. The highest BCUT2D eigenvalue weighted by Gasteiger charge is 1.84. The van der Waals surface area contributed by atoms with E-state index in [1.54, 1.807) is 0 Å². The highest BCUT2D eigenvalue weighted by Crippen LogP contribution is 2.03. The summed E-state index contributed by atoms with van der Waals surface area (Å²) in [5.41, 5.74) is 0. The second kappa shape index (κ2) is 9.08. The zero-order valence-corrected chi connectivity index (χ0v) is 7.33. The molecule has 10 heavy (non-hydrogen) atoms. The Morgan fingerprint density at radius 3 is 1.90 bits per heavy atom. The zero-order chi connectivity index (χ0) is 8.57. The van der Waals surface area contributed by atoms with Crippen LogP contribution in [-0.2, 0) is 4.79 Å². The minimum atomic E-state index is -0.829. The van der Waals surface area contributed by atoms with Crippen molar-refractivity contribution in [3.8, 4) is 0 Å². The Hall–Kier alpha value is 0.0800. The summed E-state index contributed by atoms with van der Waals surface area (Å²) < 4.78 is -0.750. The van der Waals surface area contributed by atoms with Crippen LogP contribution in [0.3, 0.4) is 0 Å². The summed E-state index contributed by atoms with van der Waals surface area (Å²) in [7, 11) is 0. The quantitative estimate of drug-likeness (QED) is 0.556. The molecule has 0 bridgehead atoms. The SMILES string of the molecule is C=CCC(=O)O.ClC(Cl)Cl. The van der Waals surface area contributed by atoms with Gasteiger partial charge in [0.05, 0.1) is 6.42 Å². The number of hydrogen-bond acceptors (Lipinski definition) is 1. The molecule has 0 heterocycles. The number of alkyl halides is 3. The molecule has 0 saturated carbocycles. The molecule has 0 aliphatic rings. The molecule has 0 fully saturated rings. The van der Waals surface area contributed by atoms with Crippen molar-refractivity contribution in [3.63, 3.8) is 0 Å². The van der Waals surface area contributed by atoms with Crippen molar-refractivity contribution >= 4 is 40.8 Å². The van der Waals surface area contributed by atoms with E-state index in [0.29, 0.717) is 0 Å². The van der Waals surface area contributed by atoms with Gasteiger partial charge in [-0.15, -0.1) is 6.58 Å². The Labute approximate surface area is 74.4 Å². The number of carboxylic acids is 1. The summed E-state index contributed by atoms with van der Waals surface area (Å²) in [6.45, 7) is 3.22. The van der Waals surface area contributed by atoms with Gasteiger partial charge in [0.15, 0.2) is 4.30 Å². The Bertz CT molecular complexity index is 100. The summed E-state index contributed by atoms with van der Waals surface area (Å²) in [5.74, 6) is -0.829. The van der Waals surface area contributed by atoms with Gasteiger partial charge in [0.1, 0.15) is 0 Å². The predicted molar refractivity (Wildman–Crippen MR) is 43.8 cm³/mol. The van der Waals surface area contributed by atoms with Crippen molar-refractivity contribution in [3.05, 3.63) is 12.7 Å². The fourth-order valence-electron chi connectivity index (χ4n) is 0.123. The van der Waals surface area contributed by atoms with Gasteiger partial charge in [-0.3, -0.25) is 4.79 Å². The van der Waals surface area contributed by atoms with E-state index in [9.17, 15) is 4.79 Å². The first-order chi connectivity index (χ1) is 4.50. The molecular formula is C5H7Cl3O2. The molecule has 0 atom stereocenters. The minimum Gasteiger partial charge on any atom is -0.481 e. The normalized spacial score (nSPS) is 8.00. The highest BCUT2D eigenvalue weighted by molar-refractivity contribution is 6.63. The molecule has 0 radical (unpaired) electrons. The Morgan fingerprint density at radius 1 is 1.60 bits per heavy atom. The third-order valence-corrected chi connectivity index (χ3v) is 0.319. The van der Waals surface area contributed by atoms with Gasteiger partial charge >= 0.3 is 5.97 Å². The smallest absolute Gasteiger partial charge is 0.307 e. The molecule has 0 spiro atoms. The summed E-state index contributed by atoms with van der Waals surface area (Å²) in [5, 5.41) is 7.84. The first-order valence-corrected chi connectivity index (χ1v) is 3.56. The van der Waals surface area contributed by atoms with Gasteiger partial charge in [-0.2, -0.15) is 0 Å². The van der Waals surface area contributed by atoms with E-state index in [2.05, 4.69) is 6.58 Å². The van der Waals surface area contributed by atoms with Gasteiger partial charge < -0.3 is 5.11 Å². The molecule has 5 heteroatoms. The molecule has 0 amide bonds. The van der Waals surface area contributed by atoms with E-state index in [1.165, 1.54) is 6.08 Å². The van der Waals surface area contributed by atoms with E-state index in [1.807, 2.05) is 0 Å². The summed E-state index contributed by atoms with van der Waals surface area (Å²) in [6.07, 6.45) is 1.41. The molecule has 0 rings (SSSR count). The fraction of sp³-hybridized carbons (Fsp3) is 0.400. The van der Waals surface area contributed by atoms with Crippen LogP contribution in [0.1, 0.15) is 6.42 Å². The molecule has 0 saturated heterocycles. The van der Waals surface area contributed by atoms with Crippen molar-refractivity contribution < 1.29 is 9.90 Å². The van der Waals surface area contributed by atoms with Crippen molar-refractivity contribution in [2.24, 2.45) is 0 Å². The van der Waals surface area contributed by atoms with Gasteiger partial charge in [-0.1, -0.05) is 40.9 Å². The largest absolute Gasteiger partial charge is 0.481 e. The third kappa shape index (κ3) is 42.7. The Kier molecular flexibility index (Phi) is 11.6. The van der Waals surface area contributed by atoms with Crippen LogP contribution >= 0.6 is 34.8 Å². The van der Waals surface area contributed by atoms with E-state index in [0.717, 1.165) is 0 Å².